The predicted octanol–water partition coefficient (Wildman–Crippen LogP) is 1.46. The zero-order valence-corrected chi connectivity index (χ0v) is 4.79. The van der Waals surface area contributed by atoms with E-state index in [4.69, 9.17) is 0 Å². The molecule has 0 fully saturated rings. The molecule has 1 atom stereocenters. The molecule has 0 aromatic carbocycles. The van der Waals surface area contributed by atoms with Gasteiger partial charge in [0.2, 0.25) is 0 Å². The molecule has 6 heavy (non-hydrogen) atoms. The maximum atomic E-state index is 11.1. The highest BCUT2D eigenvalue weighted by molar-refractivity contribution is 7.29. The summed E-state index contributed by atoms with van der Waals surface area (Å²) < 4.78 is 11.1. The third kappa shape index (κ3) is 4.32. The molecule has 0 aliphatic rings. The number of halogens is 1. The monoisotopic (exact) mass is 109 g/mol. The van der Waals surface area contributed by atoms with Crippen LogP contribution in [0.3, 0.4) is 0 Å². The summed E-state index contributed by atoms with van der Waals surface area (Å²) >= 11 is 0. The van der Waals surface area contributed by atoms with E-state index in [1.807, 2.05) is 6.92 Å². The molecule has 0 aromatic rings. The van der Waals surface area contributed by atoms with E-state index in [1.54, 1.807) is 0 Å². The Hall–Kier alpha value is 0.320. The van der Waals surface area contributed by atoms with Crippen LogP contribution in [0, 0.1) is 0 Å². The normalized spacial score (nSPS) is 11.0. The van der Waals surface area contributed by atoms with E-state index in [0.717, 1.165) is 13.0 Å². The van der Waals surface area contributed by atoms with E-state index >= 15 is 0 Å². The van der Waals surface area contributed by atoms with Gasteiger partial charge in [-0.2, -0.15) is 0 Å². The highest BCUT2D eigenvalue weighted by Gasteiger charge is 1.74. The Morgan fingerprint density at radius 3 is 2.67 bits per heavy atom. The van der Waals surface area contributed by atoms with Crippen LogP contribution < -0.4 is 5.09 Å². The van der Waals surface area contributed by atoms with Crippen LogP contribution in [0.4, 0.5) is 4.20 Å². The third-order valence-corrected chi connectivity index (χ3v) is 0.825. The number of hydrogen-bond acceptors (Lipinski definition) is 1. The van der Waals surface area contributed by atoms with E-state index < -0.39 is 9.04 Å². The molecule has 38 valence electrons. The van der Waals surface area contributed by atoms with Gasteiger partial charge in [0.15, 0.2) is 0 Å². The summed E-state index contributed by atoms with van der Waals surface area (Å²) in [5.41, 5.74) is 0. The van der Waals surface area contributed by atoms with E-state index in [-0.39, 0.29) is 0 Å². The van der Waals surface area contributed by atoms with E-state index in [0.29, 0.717) is 0 Å². The zero-order chi connectivity index (χ0) is 4.83. The SMILES string of the molecule is CCCNPF. The molecule has 0 bridgehead atoms. The average molecular weight is 109 g/mol. The third-order valence-electron chi connectivity index (χ3n) is 0.442. The Morgan fingerprint density at radius 2 is 2.50 bits per heavy atom. The molecule has 0 rings (SSSR count). The first-order valence-corrected chi connectivity index (χ1v) is 2.88. The zero-order valence-electron chi connectivity index (χ0n) is 3.79. The molecule has 0 aromatic heterocycles. The van der Waals surface area contributed by atoms with Crippen LogP contribution in [-0.2, 0) is 0 Å². The van der Waals surface area contributed by atoms with Gasteiger partial charge in [-0.3, -0.25) is 5.09 Å². The molecule has 0 aliphatic carbocycles. The molecule has 0 saturated heterocycles. The Kier molecular flexibility index (Phi) is 5.60. The van der Waals surface area contributed by atoms with Crippen molar-refractivity contribution in [2.24, 2.45) is 0 Å². The Morgan fingerprint density at radius 1 is 1.83 bits per heavy atom. The molecule has 1 nitrogen and oxygen atoms in total. The van der Waals surface area contributed by atoms with Crippen molar-refractivity contribution in [3.8, 4) is 0 Å². The lowest BCUT2D eigenvalue weighted by molar-refractivity contribution is 0.818. The van der Waals surface area contributed by atoms with Gasteiger partial charge in [-0.05, 0) is 6.42 Å². The fourth-order valence-corrected chi connectivity index (χ4v) is 0.517. The van der Waals surface area contributed by atoms with Crippen LogP contribution in [0.25, 0.3) is 0 Å². The second-order valence-electron chi connectivity index (χ2n) is 1.02. The van der Waals surface area contributed by atoms with Gasteiger partial charge in [-0.15, -0.1) is 0 Å². The first-order chi connectivity index (χ1) is 2.91. The Balaban J connectivity index is 2.34. The number of nitrogens with one attached hydrogen (secondary N) is 1. The fraction of sp³-hybridized carbons (Fsp3) is 1.00. The number of rotatable bonds is 3. The van der Waals surface area contributed by atoms with Crippen molar-refractivity contribution in [3.63, 3.8) is 0 Å². The minimum absolute atomic E-state index is 0.585. The summed E-state index contributed by atoms with van der Waals surface area (Å²) in [7, 11) is -0.585. The quantitative estimate of drug-likeness (QED) is 0.427. The van der Waals surface area contributed by atoms with Crippen molar-refractivity contribution >= 4 is 9.04 Å². The van der Waals surface area contributed by atoms with Crippen LogP contribution in [0.1, 0.15) is 13.3 Å². The standard InChI is InChI=1S/C3H9FNP/c1-2-3-5-6-4/h5-6H,2-3H2,1H3. The molecule has 0 heterocycles. The van der Waals surface area contributed by atoms with Crippen molar-refractivity contribution in [2.75, 3.05) is 6.54 Å². The molecule has 0 radical (unpaired) electrons. The average Bonchev–Trinajstić information content (AvgIpc) is 1.61. The lowest BCUT2D eigenvalue weighted by Gasteiger charge is -1.88. The summed E-state index contributed by atoms with van der Waals surface area (Å²) in [6, 6.07) is 0. The maximum absolute atomic E-state index is 11.1. The van der Waals surface area contributed by atoms with Gasteiger partial charge >= 0.3 is 0 Å². The summed E-state index contributed by atoms with van der Waals surface area (Å²) in [4.78, 5) is 0. The molecule has 3 heteroatoms. The molecule has 0 spiro atoms. The summed E-state index contributed by atoms with van der Waals surface area (Å²) in [6.07, 6.45) is 1.01. The van der Waals surface area contributed by atoms with Gasteiger partial charge in [-0.1, -0.05) is 6.92 Å². The summed E-state index contributed by atoms with van der Waals surface area (Å²) in [5.74, 6) is 0. The molecular weight excluding hydrogens is 100 g/mol. The topological polar surface area (TPSA) is 12.0 Å². The van der Waals surface area contributed by atoms with E-state index in [2.05, 4.69) is 5.09 Å². The first-order valence-electron chi connectivity index (χ1n) is 2.00. The van der Waals surface area contributed by atoms with Crippen molar-refractivity contribution in [2.45, 2.75) is 13.3 Å². The van der Waals surface area contributed by atoms with Crippen molar-refractivity contribution < 1.29 is 4.20 Å². The summed E-state index contributed by atoms with van der Waals surface area (Å²) in [6.45, 7) is 2.81. The highest BCUT2D eigenvalue weighted by Crippen LogP contribution is 2.00. The van der Waals surface area contributed by atoms with Gasteiger partial charge in [0.1, 0.15) is 9.04 Å². The van der Waals surface area contributed by atoms with Gasteiger partial charge in [0, 0.05) is 6.54 Å². The minimum Gasteiger partial charge on any atom is -0.272 e. The van der Waals surface area contributed by atoms with Gasteiger partial charge in [-0.25, -0.2) is 4.20 Å². The van der Waals surface area contributed by atoms with Crippen molar-refractivity contribution in [1.29, 1.82) is 0 Å². The Bertz CT molecular complexity index is 22.8. The van der Waals surface area contributed by atoms with Crippen molar-refractivity contribution in [1.82, 2.24) is 5.09 Å². The van der Waals surface area contributed by atoms with Crippen LogP contribution in [0.5, 0.6) is 0 Å². The lowest BCUT2D eigenvalue weighted by Crippen LogP contribution is -1.98. The van der Waals surface area contributed by atoms with Gasteiger partial charge < -0.3 is 0 Å². The van der Waals surface area contributed by atoms with Gasteiger partial charge in [0.25, 0.3) is 0 Å². The van der Waals surface area contributed by atoms with Crippen LogP contribution >= 0.6 is 9.04 Å². The predicted molar refractivity (Wildman–Crippen MR) is 27.7 cm³/mol. The highest BCUT2D eigenvalue weighted by atomic mass is 31.1. The first kappa shape index (κ1) is 6.32. The van der Waals surface area contributed by atoms with Crippen LogP contribution in [0.15, 0.2) is 0 Å². The lowest BCUT2D eigenvalue weighted by atomic mass is 10.5. The minimum atomic E-state index is -0.585. The van der Waals surface area contributed by atoms with E-state index in [1.165, 1.54) is 0 Å². The van der Waals surface area contributed by atoms with Crippen LogP contribution in [0.2, 0.25) is 0 Å². The van der Waals surface area contributed by atoms with Crippen molar-refractivity contribution in [3.05, 3.63) is 0 Å². The maximum Gasteiger partial charge on any atom is 0.139 e. The number of hydrogen-bond donors (Lipinski definition) is 1. The molecule has 0 amide bonds. The smallest absolute Gasteiger partial charge is 0.139 e. The molecule has 0 saturated carbocycles. The fourth-order valence-electron chi connectivity index (χ4n) is 0.172. The van der Waals surface area contributed by atoms with Crippen LogP contribution in [-0.4, -0.2) is 6.54 Å². The molecular formula is C3H9FNP. The van der Waals surface area contributed by atoms with Gasteiger partial charge in [0.05, 0.1) is 0 Å². The largest absolute Gasteiger partial charge is 0.272 e. The second-order valence-corrected chi connectivity index (χ2v) is 1.56. The molecule has 1 unspecified atom stereocenters. The van der Waals surface area contributed by atoms with E-state index in [9.17, 15) is 4.20 Å². The Labute approximate surface area is 39.3 Å². The molecule has 1 N–H and O–H groups in total. The molecule has 0 aliphatic heterocycles. The summed E-state index contributed by atoms with van der Waals surface area (Å²) in [5, 5.41) is 2.56. The second kappa shape index (κ2) is 5.32.